The van der Waals surface area contributed by atoms with Gasteiger partial charge in [-0.1, -0.05) is 12.1 Å². The largest absolute Gasteiger partial charge is 0.397 e. The fourth-order valence-corrected chi connectivity index (χ4v) is 4.07. The molecular formula is C26H25F4N5O2. The highest BCUT2D eigenvalue weighted by atomic mass is 19.3. The van der Waals surface area contributed by atoms with Crippen LogP contribution in [0.15, 0.2) is 48.9 Å². The van der Waals surface area contributed by atoms with Crippen LogP contribution in [0.1, 0.15) is 60.8 Å². The highest BCUT2D eigenvalue weighted by molar-refractivity contribution is 6.01. The molecule has 0 bridgehead atoms. The van der Waals surface area contributed by atoms with Crippen molar-refractivity contribution in [1.82, 2.24) is 15.3 Å². The Bertz CT molecular complexity index is 1360. The Balaban J connectivity index is 1.45. The highest BCUT2D eigenvalue weighted by Gasteiger charge is 2.51. The summed E-state index contributed by atoms with van der Waals surface area (Å²) >= 11 is 0. The maximum absolute atomic E-state index is 14.9. The average molecular weight is 516 g/mol. The van der Waals surface area contributed by atoms with Gasteiger partial charge >= 0.3 is 0 Å². The number of nitrogen functional groups attached to an aromatic ring is 1. The van der Waals surface area contributed by atoms with Crippen molar-refractivity contribution >= 4 is 28.8 Å². The number of carbonyl (C=O) groups is 2. The minimum atomic E-state index is -3.33. The summed E-state index contributed by atoms with van der Waals surface area (Å²) in [5.74, 6) is -5.77. The Morgan fingerprint density at radius 2 is 1.86 bits per heavy atom. The van der Waals surface area contributed by atoms with Crippen molar-refractivity contribution in [3.05, 3.63) is 77.4 Å². The standard InChI is InChI=1S/C26H25F4N5O2/c1-14(34-24(37)26(6-7-26)10-21(36)15-8-16(31)12-32-11-15)22-20(28)9-17(13-33-22)35-23-18(25(2,29)30)4-3-5-19(23)27/h3-5,8-9,11-14,35H,6-7,10,31H2,1-2H3,(H,34,37). The second-order valence-electron chi connectivity index (χ2n) is 9.35. The molecule has 4 N–H and O–H groups in total. The van der Waals surface area contributed by atoms with Crippen LogP contribution in [0.25, 0.3) is 0 Å². The van der Waals surface area contributed by atoms with Gasteiger partial charge in [0.05, 0.1) is 40.4 Å². The number of nitrogens with one attached hydrogen (secondary N) is 2. The molecule has 0 spiro atoms. The molecule has 1 aliphatic carbocycles. The Kier molecular flexibility index (Phi) is 6.90. The van der Waals surface area contributed by atoms with Crippen LogP contribution < -0.4 is 16.4 Å². The minimum absolute atomic E-state index is 0.0392. The molecule has 1 fully saturated rings. The lowest BCUT2D eigenvalue weighted by atomic mass is 9.94. The molecule has 0 saturated heterocycles. The SMILES string of the molecule is CC(NC(=O)C1(CC(=O)c2cncc(N)c2)CC1)c1ncc(Nc2c(F)cccc2C(C)(F)F)cc1F. The maximum atomic E-state index is 14.9. The van der Waals surface area contributed by atoms with Gasteiger partial charge in [0.25, 0.3) is 5.92 Å². The number of ketones is 1. The van der Waals surface area contributed by atoms with Crippen molar-refractivity contribution in [3.63, 3.8) is 0 Å². The number of Topliss-reactive ketones (excluding diaryl/α,β-unsaturated/α-hetero) is 1. The summed E-state index contributed by atoms with van der Waals surface area (Å²) in [5.41, 5.74) is 4.20. The quantitative estimate of drug-likeness (QED) is 0.259. The summed E-state index contributed by atoms with van der Waals surface area (Å²) in [4.78, 5) is 33.5. The number of para-hydroxylation sites is 1. The Morgan fingerprint density at radius 3 is 2.49 bits per heavy atom. The van der Waals surface area contributed by atoms with Crippen molar-refractivity contribution < 1.29 is 27.2 Å². The third kappa shape index (κ3) is 5.71. The number of amides is 1. The Labute approximate surface area is 210 Å². The van der Waals surface area contributed by atoms with Crippen molar-refractivity contribution in [2.45, 2.75) is 45.1 Å². The lowest BCUT2D eigenvalue weighted by molar-refractivity contribution is -0.127. The smallest absolute Gasteiger partial charge is 0.272 e. The van der Waals surface area contributed by atoms with Crippen LogP contribution in [0.2, 0.25) is 0 Å². The normalized spacial score (nSPS) is 15.1. The van der Waals surface area contributed by atoms with Crippen LogP contribution in [-0.4, -0.2) is 21.7 Å². The summed E-state index contributed by atoms with van der Waals surface area (Å²) in [6.45, 7) is 2.16. The zero-order valence-electron chi connectivity index (χ0n) is 20.1. The second kappa shape index (κ2) is 9.79. The molecule has 1 saturated carbocycles. The van der Waals surface area contributed by atoms with E-state index in [2.05, 4.69) is 20.6 Å². The van der Waals surface area contributed by atoms with Gasteiger partial charge in [-0.15, -0.1) is 0 Å². The minimum Gasteiger partial charge on any atom is -0.397 e. The number of anilines is 3. The number of aromatic nitrogens is 2. The van der Waals surface area contributed by atoms with Gasteiger partial charge < -0.3 is 16.4 Å². The van der Waals surface area contributed by atoms with Crippen LogP contribution >= 0.6 is 0 Å². The van der Waals surface area contributed by atoms with Gasteiger partial charge in [-0.2, -0.15) is 0 Å². The van der Waals surface area contributed by atoms with Crippen molar-refractivity contribution in [3.8, 4) is 0 Å². The molecule has 37 heavy (non-hydrogen) atoms. The summed E-state index contributed by atoms with van der Waals surface area (Å²) < 4.78 is 57.0. The van der Waals surface area contributed by atoms with Crippen molar-refractivity contribution in [2.75, 3.05) is 11.1 Å². The van der Waals surface area contributed by atoms with Gasteiger partial charge in [-0.3, -0.25) is 19.6 Å². The third-order valence-corrected chi connectivity index (χ3v) is 6.30. The van der Waals surface area contributed by atoms with E-state index in [-0.39, 0.29) is 23.6 Å². The molecule has 1 aromatic carbocycles. The number of nitrogens with zero attached hydrogens (tertiary/aromatic N) is 2. The third-order valence-electron chi connectivity index (χ3n) is 6.30. The highest BCUT2D eigenvalue weighted by Crippen LogP contribution is 2.50. The van der Waals surface area contributed by atoms with E-state index in [4.69, 9.17) is 5.73 Å². The lowest BCUT2D eigenvalue weighted by Gasteiger charge is -2.20. The van der Waals surface area contributed by atoms with Crippen LogP contribution in [0.3, 0.4) is 0 Å². The first-order valence-corrected chi connectivity index (χ1v) is 11.5. The van der Waals surface area contributed by atoms with Gasteiger partial charge in [0.15, 0.2) is 5.78 Å². The van der Waals surface area contributed by atoms with E-state index in [1.54, 1.807) is 0 Å². The van der Waals surface area contributed by atoms with Crippen molar-refractivity contribution in [1.29, 1.82) is 0 Å². The second-order valence-corrected chi connectivity index (χ2v) is 9.35. The van der Waals surface area contributed by atoms with Gasteiger partial charge in [0.2, 0.25) is 5.91 Å². The molecule has 11 heteroatoms. The van der Waals surface area contributed by atoms with Crippen molar-refractivity contribution in [2.24, 2.45) is 5.41 Å². The molecule has 1 aliphatic rings. The molecule has 3 aromatic rings. The summed E-state index contributed by atoms with van der Waals surface area (Å²) in [5, 5.41) is 5.18. The molecule has 0 aliphatic heterocycles. The summed E-state index contributed by atoms with van der Waals surface area (Å²) in [6, 6.07) is 4.86. The molecule has 2 heterocycles. The molecule has 4 rings (SSSR count). The molecule has 0 radical (unpaired) electrons. The molecule has 1 amide bonds. The predicted molar refractivity (Wildman–Crippen MR) is 129 cm³/mol. The number of hydrogen-bond donors (Lipinski definition) is 3. The zero-order valence-corrected chi connectivity index (χ0v) is 20.1. The lowest BCUT2D eigenvalue weighted by Crippen LogP contribution is -2.36. The fourth-order valence-electron chi connectivity index (χ4n) is 4.07. The van der Waals surface area contributed by atoms with Crippen LogP contribution in [0.5, 0.6) is 0 Å². The van der Waals surface area contributed by atoms with E-state index in [1.165, 1.54) is 25.4 Å². The zero-order chi connectivity index (χ0) is 27.0. The Hall–Kier alpha value is -4.02. The predicted octanol–water partition coefficient (Wildman–Crippen LogP) is 5.42. The van der Waals surface area contributed by atoms with Gasteiger partial charge in [-0.25, -0.2) is 17.6 Å². The van der Waals surface area contributed by atoms with E-state index in [0.717, 1.165) is 30.5 Å². The molecular weight excluding hydrogens is 490 g/mol. The number of pyridine rings is 2. The van der Waals surface area contributed by atoms with E-state index >= 15 is 0 Å². The first-order valence-electron chi connectivity index (χ1n) is 11.5. The average Bonchev–Trinajstić information content (AvgIpc) is 3.60. The van der Waals surface area contributed by atoms with E-state index in [9.17, 15) is 27.2 Å². The number of alkyl halides is 2. The molecule has 2 aromatic heterocycles. The number of benzene rings is 1. The number of carbonyl (C=O) groups excluding carboxylic acids is 2. The monoisotopic (exact) mass is 515 g/mol. The van der Waals surface area contributed by atoms with Crippen LogP contribution in [0, 0.1) is 17.0 Å². The maximum Gasteiger partial charge on any atom is 0.272 e. The van der Waals surface area contributed by atoms with E-state index in [1.807, 2.05) is 0 Å². The number of hydrogen-bond acceptors (Lipinski definition) is 6. The number of rotatable bonds is 9. The number of halogens is 4. The van der Waals surface area contributed by atoms with Crippen LogP contribution in [0.4, 0.5) is 34.6 Å². The van der Waals surface area contributed by atoms with Gasteiger partial charge in [0, 0.05) is 42.9 Å². The van der Waals surface area contributed by atoms with E-state index in [0.29, 0.717) is 31.0 Å². The fraction of sp³-hybridized carbons (Fsp3) is 0.308. The summed E-state index contributed by atoms with van der Waals surface area (Å²) in [7, 11) is 0. The first-order chi connectivity index (χ1) is 17.4. The van der Waals surface area contributed by atoms with E-state index < -0.39 is 46.2 Å². The number of nitrogens with two attached hydrogens (primary N) is 1. The first kappa shape index (κ1) is 26.1. The molecule has 194 valence electrons. The molecule has 7 nitrogen and oxygen atoms in total. The topological polar surface area (TPSA) is 110 Å². The Morgan fingerprint density at radius 1 is 1.14 bits per heavy atom. The van der Waals surface area contributed by atoms with Crippen LogP contribution in [-0.2, 0) is 10.7 Å². The molecule has 1 unspecified atom stereocenters. The van der Waals surface area contributed by atoms with Gasteiger partial charge in [0.1, 0.15) is 11.6 Å². The summed E-state index contributed by atoms with van der Waals surface area (Å²) in [6.07, 6.45) is 4.92. The molecule has 1 atom stereocenters. The van der Waals surface area contributed by atoms with Gasteiger partial charge in [-0.05, 0) is 31.9 Å².